The van der Waals surface area contributed by atoms with Crippen LogP contribution in [0.1, 0.15) is 52.4 Å². The average molecular weight is 480 g/mol. The first kappa shape index (κ1) is 24.9. The van der Waals surface area contributed by atoms with Crippen LogP contribution in [0.5, 0.6) is 0 Å². The smallest absolute Gasteiger partial charge is 0.257 e. The molecule has 0 atom stereocenters. The van der Waals surface area contributed by atoms with Gasteiger partial charge in [-0.2, -0.15) is 0 Å². The number of nitrogens with zero attached hydrogens (tertiary/aromatic N) is 2. The van der Waals surface area contributed by atoms with Crippen LogP contribution in [0.4, 0.5) is 0 Å². The molecule has 0 bridgehead atoms. The largest absolute Gasteiger partial charge is 0.356 e. The first-order valence-electron chi connectivity index (χ1n) is 12.5. The number of benzene rings is 3. The van der Waals surface area contributed by atoms with Crippen LogP contribution in [0.3, 0.4) is 0 Å². The van der Waals surface area contributed by atoms with Crippen LogP contribution in [-0.2, 0) is 6.42 Å². The molecule has 0 aliphatic heterocycles. The number of hydrogen-bond donors (Lipinski definition) is 3. The predicted octanol–water partition coefficient (Wildman–Crippen LogP) is 5.33. The Bertz CT molecular complexity index is 1150. The summed E-state index contributed by atoms with van der Waals surface area (Å²) in [4.78, 5) is 24.6. The van der Waals surface area contributed by atoms with E-state index < -0.39 is 0 Å². The number of guanidine groups is 1. The van der Waals surface area contributed by atoms with Gasteiger partial charge in [-0.05, 0) is 48.9 Å². The monoisotopic (exact) mass is 479 g/mol. The van der Waals surface area contributed by atoms with Gasteiger partial charge in [0, 0.05) is 36.5 Å². The van der Waals surface area contributed by atoms with E-state index in [2.05, 4.69) is 86.3 Å². The summed E-state index contributed by atoms with van der Waals surface area (Å²) >= 11 is 0. The van der Waals surface area contributed by atoms with E-state index in [1.807, 2.05) is 24.4 Å². The number of H-pyrrole nitrogens is 1. The van der Waals surface area contributed by atoms with Crippen molar-refractivity contribution in [1.82, 2.24) is 20.6 Å². The number of nitrogens with one attached hydrogen (secondary N) is 3. The average Bonchev–Trinajstić information content (AvgIpc) is 3.46. The summed E-state index contributed by atoms with van der Waals surface area (Å²) in [5, 5.41) is 6.33. The SMILES string of the molecule is O=C(NC(=NCCCc1cnc[nH]1)NCCCC(c1ccccc1)c1ccccc1)c1ccccc1. The normalized spacial score (nSPS) is 11.4. The van der Waals surface area contributed by atoms with Gasteiger partial charge in [0.05, 0.1) is 6.33 Å². The number of carbonyl (C=O) groups excluding carboxylic acids is 1. The summed E-state index contributed by atoms with van der Waals surface area (Å²) < 4.78 is 0. The summed E-state index contributed by atoms with van der Waals surface area (Å²) in [6.07, 6.45) is 7.15. The molecule has 1 heterocycles. The molecule has 4 aromatic rings. The second-order valence-electron chi connectivity index (χ2n) is 8.67. The van der Waals surface area contributed by atoms with Crippen molar-refractivity contribution in [3.8, 4) is 0 Å². The standard InChI is InChI=1S/C30H33N5O/c36-29(26-16-8-3-9-17-26)35-30(32-20-10-18-27-22-31-23-34-27)33-21-11-19-28(24-12-4-1-5-13-24)25-14-6-2-7-15-25/h1-9,12-17,22-23,28H,10-11,18-21H2,(H,31,34)(H2,32,33,35,36). The van der Waals surface area contributed by atoms with Crippen LogP contribution in [0.2, 0.25) is 0 Å². The molecule has 0 saturated carbocycles. The maximum absolute atomic E-state index is 12.7. The summed E-state index contributed by atoms with van der Waals surface area (Å²) in [7, 11) is 0. The third-order valence-corrected chi connectivity index (χ3v) is 6.06. The molecule has 0 fully saturated rings. The van der Waals surface area contributed by atoms with Gasteiger partial charge < -0.3 is 10.3 Å². The number of aromatic nitrogens is 2. The quantitative estimate of drug-likeness (QED) is 0.154. The van der Waals surface area contributed by atoms with Crippen LogP contribution < -0.4 is 10.6 Å². The number of amides is 1. The van der Waals surface area contributed by atoms with Gasteiger partial charge in [0.25, 0.3) is 5.91 Å². The Kier molecular flexibility index (Phi) is 9.44. The Morgan fingerprint density at radius 1 is 0.861 bits per heavy atom. The Morgan fingerprint density at radius 2 is 1.50 bits per heavy atom. The number of rotatable bonds is 11. The molecule has 3 aromatic carbocycles. The number of aryl methyl sites for hydroxylation is 1. The first-order valence-corrected chi connectivity index (χ1v) is 12.5. The molecule has 36 heavy (non-hydrogen) atoms. The summed E-state index contributed by atoms with van der Waals surface area (Å²) in [6.45, 7) is 1.32. The minimum Gasteiger partial charge on any atom is -0.356 e. The van der Waals surface area contributed by atoms with E-state index in [-0.39, 0.29) is 5.91 Å². The van der Waals surface area contributed by atoms with Gasteiger partial charge in [-0.3, -0.25) is 15.1 Å². The summed E-state index contributed by atoms with van der Waals surface area (Å²) in [6, 6.07) is 30.5. The molecule has 0 unspecified atom stereocenters. The van der Waals surface area contributed by atoms with Crippen molar-refractivity contribution in [1.29, 1.82) is 0 Å². The lowest BCUT2D eigenvalue weighted by Crippen LogP contribution is -2.41. The van der Waals surface area contributed by atoms with Crippen molar-refractivity contribution < 1.29 is 4.79 Å². The maximum Gasteiger partial charge on any atom is 0.257 e. The van der Waals surface area contributed by atoms with E-state index in [1.165, 1.54) is 11.1 Å². The minimum absolute atomic E-state index is 0.165. The van der Waals surface area contributed by atoms with E-state index in [4.69, 9.17) is 0 Å². The number of aliphatic imine (C=N–C) groups is 1. The zero-order valence-electron chi connectivity index (χ0n) is 20.4. The number of hydrogen-bond acceptors (Lipinski definition) is 3. The van der Waals surface area contributed by atoms with Crippen molar-refractivity contribution in [2.45, 2.75) is 31.6 Å². The highest BCUT2D eigenvalue weighted by Crippen LogP contribution is 2.28. The molecule has 184 valence electrons. The highest BCUT2D eigenvalue weighted by atomic mass is 16.1. The Hall–Kier alpha value is -4.19. The molecule has 1 aromatic heterocycles. The van der Waals surface area contributed by atoms with Crippen LogP contribution >= 0.6 is 0 Å². The van der Waals surface area contributed by atoms with Crippen LogP contribution in [0.15, 0.2) is 109 Å². The summed E-state index contributed by atoms with van der Waals surface area (Å²) in [5.74, 6) is 0.675. The molecule has 0 radical (unpaired) electrons. The second-order valence-corrected chi connectivity index (χ2v) is 8.67. The molecule has 0 aliphatic carbocycles. The molecule has 6 heteroatoms. The Morgan fingerprint density at radius 3 is 2.11 bits per heavy atom. The molecular weight excluding hydrogens is 446 g/mol. The number of imidazole rings is 1. The zero-order valence-corrected chi connectivity index (χ0v) is 20.4. The second kappa shape index (κ2) is 13.6. The van der Waals surface area contributed by atoms with Gasteiger partial charge in [0.2, 0.25) is 0 Å². The molecule has 1 amide bonds. The van der Waals surface area contributed by atoms with Crippen LogP contribution in [0, 0.1) is 0 Å². The lowest BCUT2D eigenvalue weighted by molar-refractivity contribution is 0.0975. The van der Waals surface area contributed by atoms with Gasteiger partial charge in [-0.1, -0.05) is 78.9 Å². The molecular formula is C30H33N5O. The minimum atomic E-state index is -0.165. The highest BCUT2D eigenvalue weighted by molar-refractivity contribution is 6.05. The summed E-state index contributed by atoms with van der Waals surface area (Å²) in [5.41, 5.74) is 4.32. The molecule has 6 nitrogen and oxygen atoms in total. The van der Waals surface area contributed by atoms with Crippen LogP contribution in [-0.4, -0.2) is 34.9 Å². The van der Waals surface area contributed by atoms with Gasteiger partial charge in [0.15, 0.2) is 5.96 Å². The Balaban J connectivity index is 1.36. The molecule has 0 saturated heterocycles. The fraction of sp³-hybridized carbons (Fsp3) is 0.233. The lowest BCUT2D eigenvalue weighted by atomic mass is 9.87. The van der Waals surface area contributed by atoms with Gasteiger partial charge >= 0.3 is 0 Å². The molecule has 3 N–H and O–H groups in total. The van der Waals surface area contributed by atoms with Gasteiger partial charge in [0.1, 0.15) is 0 Å². The van der Waals surface area contributed by atoms with Gasteiger partial charge in [-0.25, -0.2) is 4.98 Å². The van der Waals surface area contributed by atoms with E-state index in [9.17, 15) is 4.79 Å². The fourth-order valence-electron chi connectivity index (χ4n) is 4.20. The fourth-order valence-corrected chi connectivity index (χ4v) is 4.20. The maximum atomic E-state index is 12.7. The number of aromatic amines is 1. The van der Waals surface area contributed by atoms with E-state index in [0.29, 0.717) is 30.5 Å². The first-order chi connectivity index (χ1) is 17.8. The van der Waals surface area contributed by atoms with Crippen molar-refractivity contribution in [2.75, 3.05) is 13.1 Å². The topological polar surface area (TPSA) is 82.2 Å². The number of carbonyl (C=O) groups is 1. The molecule has 4 rings (SSSR count). The predicted molar refractivity (Wildman–Crippen MR) is 145 cm³/mol. The van der Waals surface area contributed by atoms with E-state index in [1.54, 1.807) is 18.5 Å². The molecule has 0 spiro atoms. The van der Waals surface area contributed by atoms with Gasteiger partial charge in [-0.15, -0.1) is 0 Å². The lowest BCUT2D eigenvalue weighted by Gasteiger charge is -2.19. The molecule has 0 aliphatic rings. The van der Waals surface area contributed by atoms with E-state index >= 15 is 0 Å². The van der Waals surface area contributed by atoms with Crippen molar-refractivity contribution in [3.63, 3.8) is 0 Å². The third kappa shape index (κ3) is 7.67. The van der Waals surface area contributed by atoms with Crippen LogP contribution in [0.25, 0.3) is 0 Å². The zero-order chi connectivity index (χ0) is 24.8. The van der Waals surface area contributed by atoms with Crippen molar-refractivity contribution in [2.24, 2.45) is 4.99 Å². The Labute approximate surface area is 212 Å². The van der Waals surface area contributed by atoms with Crippen molar-refractivity contribution in [3.05, 3.63) is 126 Å². The van der Waals surface area contributed by atoms with E-state index in [0.717, 1.165) is 31.4 Å². The third-order valence-electron chi connectivity index (χ3n) is 6.06. The van der Waals surface area contributed by atoms with Crippen molar-refractivity contribution >= 4 is 11.9 Å². The highest BCUT2D eigenvalue weighted by Gasteiger charge is 2.14.